The highest BCUT2D eigenvalue weighted by Gasteiger charge is 2.50. The second-order valence-electron chi connectivity index (χ2n) is 14.5. The van der Waals surface area contributed by atoms with Gasteiger partial charge in [-0.3, -0.25) is 0 Å². The number of ether oxygens (including phenoxy) is 6. The van der Waals surface area contributed by atoms with E-state index in [4.69, 9.17) is 51.6 Å². The van der Waals surface area contributed by atoms with Gasteiger partial charge in [0, 0.05) is 11.4 Å². The molecule has 1 heterocycles. The largest absolute Gasteiger partial charge is 0.491 e. The van der Waals surface area contributed by atoms with Crippen LogP contribution >= 0.6 is 39.1 Å². The average Bonchev–Trinajstić information content (AvgIpc) is 3.28. The Morgan fingerprint density at radius 2 is 1.02 bits per heavy atom. The van der Waals surface area contributed by atoms with Crippen LogP contribution in [0.1, 0.15) is 51.5 Å². The van der Waals surface area contributed by atoms with Gasteiger partial charge in [-0.05, 0) is 68.2 Å². The van der Waals surface area contributed by atoms with Crippen molar-refractivity contribution in [3.63, 3.8) is 0 Å². The molecule has 1 aliphatic rings. The van der Waals surface area contributed by atoms with Crippen LogP contribution in [0.4, 0.5) is 0 Å². The fraction of sp³-hybridized carbons (Fsp3) is 0.280. The average molecular weight is 897 g/mol. The molecule has 1 aliphatic heterocycles. The number of rotatable bonds is 20. The summed E-state index contributed by atoms with van der Waals surface area (Å²) in [7, 11) is 0. The van der Waals surface area contributed by atoms with Crippen molar-refractivity contribution in [1.29, 1.82) is 0 Å². The number of alkyl halides is 1. The number of hydrogen-bond donors (Lipinski definition) is 0. The van der Waals surface area contributed by atoms with Gasteiger partial charge < -0.3 is 28.4 Å². The molecule has 59 heavy (non-hydrogen) atoms. The van der Waals surface area contributed by atoms with Gasteiger partial charge in [0.05, 0.1) is 49.1 Å². The topological polar surface area (TPSA) is 55.4 Å². The summed E-state index contributed by atoms with van der Waals surface area (Å²) in [6.45, 7) is 2.03. The van der Waals surface area contributed by atoms with Crippen LogP contribution in [0.25, 0.3) is 0 Å². The third-order valence-electron chi connectivity index (χ3n) is 10.2. The maximum Gasteiger partial charge on any atom is 0.152 e. The van der Waals surface area contributed by atoms with Crippen LogP contribution in [-0.2, 0) is 56.5 Å². The SMILES string of the molecule is ClCCCOc1c(Cl)c(Cc2ccccc2)cc([C@@H]2O[C@H](COCc3ccccc3)[C@@H](OCc3ccccc3)[C@H](OCc3ccccc3)[C@H]2OCc2ccccc2)c1Br. The molecule has 1 saturated heterocycles. The molecule has 0 radical (unpaired) electrons. The number of hydrogen-bond acceptors (Lipinski definition) is 6. The monoisotopic (exact) mass is 894 g/mol. The Hall–Kier alpha value is -4.02. The molecule has 306 valence electrons. The van der Waals surface area contributed by atoms with E-state index < -0.39 is 30.5 Å². The molecule has 0 aliphatic carbocycles. The second-order valence-corrected chi connectivity index (χ2v) is 16.1. The van der Waals surface area contributed by atoms with Crippen LogP contribution in [0.5, 0.6) is 5.75 Å². The van der Waals surface area contributed by atoms with Crippen molar-refractivity contribution in [3.8, 4) is 5.75 Å². The zero-order valence-electron chi connectivity index (χ0n) is 32.8. The van der Waals surface area contributed by atoms with E-state index in [2.05, 4.69) is 82.7 Å². The van der Waals surface area contributed by atoms with E-state index in [0.717, 1.165) is 38.9 Å². The minimum absolute atomic E-state index is 0.239. The number of halogens is 3. The zero-order valence-corrected chi connectivity index (χ0v) is 35.9. The predicted molar refractivity (Wildman–Crippen MR) is 238 cm³/mol. The molecule has 7 rings (SSSR count). The highest BCUT2D eigenvalue weighted by Crippen LogP contribution is 2.47. The van der Waals surface area contributed by atoms with Gasteiger partial charge >= 0.3 is 0 Å². The first-order chi connectivity index (χ1) is 29.1. The molecule has 0 bridgehead atoms. The lowest BCUT2D eigenvalue weighted by Gasteiger charge is -2.47. The molecule has 0 unspecified atom stereocenters. The van der Waals surface area contributed by atoms with Gasteiger partial charge in [0.25, 0.3) is 0 Å². The minimum Gasteiger partial charge on any atom is -0.491 e. The maximum absolute atomic E-state index is 7.30. The fourth-order valence-corrected chi connectivity index (χ4v) is 8.38. The van der Waals surface area contributed by atoms with Gasteiger partial charge in [-0.25, -0.2) is 0 Å². The Kier molecular flexibility index (Phi) is 16.5. The van der Waals surface area contributed by atoms with Gasteiger partial charge in [-0.1, -0.05) is 163 Å². The first-order valence-corrected chi connectivity index (χ1v) is 21.7. The predicted octanol–water partition coefficient (Wildman–Crippen LogP) is 12.1. The Labute approximate surface area is 366 Å². The molecule has 5 atom stereocenters. The van der Waals surface area contributed by atoms with Crippen LogP contribution in [0.2, 0.25) is 5.02 Å². The van der Waals surface area contributed by atoms with Crippen molar-refractivity contribution in [2.45, 2.75) is 69.8 Å². The van der Waals surface area contributed by atoms with E-state index in [0.29, 0.717) is 67.0 Å². The molecule has 0 saturated carbocycles. The Morgan fingerprint density at radius 3 is 1.53 bits per heavy atom. The van der Waals surface area contributed by atoms with Crippen LogP contribution in [0.3, 0.4) is 0 Å². The van der Waals surface area contributed by atoms with Crippen molar-refractivity contribution in [2.75, 3.05) is 19.1 Å². The summed E-state index contributed by atoms with van der Waals surface area (Å²) in [5.74, 6) is 0.995. The molecule has 6 aromatic rings. The first-order valence-electron chi connectivity index (χ1n) is 20.0. The number of benzene rings is 6. The van der Waals surface area contributed by atoms with Gasteiger partial charge in [0.15, 0.2) is 5.75 Å². The van der Waals surface area contributed by atoms with Gasteiger partial charge in [0.2, 0.25) is 0 Å². The fourth-order valence-electron chi connectivity index (χ4n) is 7.23. The van der Waals surface area contributed by atoms with Gasteiger partial charge in [-0.2, -0.15) is 0 Å². The Bertz CT molecular complexity index is 2130. The second kappa shape index (κ2) is 22.5. The summed E-state index contributed by atoms with van der Waals surface area (Å²) in [6, 6.07) is 52.9. The maximum atomic E-state index is 7.30. The van der Waals surface area contributed by atoms with Crippen LogP contribution in [0, 0.1) is 0 Å². The third-order valence-corrected chi connectivity index (χ3v) is 11.7. The molecule has 0 spiro atoms. The Balaban J connectivity index is 1.33. The van der Waals surface area contributed by atoms with Crippen molar-refractivity contribution in [1.82, 2.24) is 0 Å². The van der Waals surface area contributed by atoms with Crippen LogP contribution in [0.15, 0.2) is 162 Å². The Morgan fingerprint density at radius 1 is 0.559 bits per heavy atom. The summed E-state index contributed by atoms with van der Waals surface area (Å²) < 4.78 is 41.9. The summed E-state index contributed by atoms with van der Waals surface area (Å²) in [5.41, 5.74) is 6.98. The molecule has 6 nitrogen and oxygen atoms in total. The van der Waals surface area contributed by atoms with Crippen molar-refractivity contribution in [3.05, 3.63) is 206 Å². The smallest absolute Gasteiger partial charge is 0.152 e. The molecule has 0 amide bonds. The lowest BCUT2D eigenvalue weighted by molar-refractivity contribution is -0.275. The van der Waals surface area contributed by atoms with E-state index in [1.807, 2.05) is 91.0 Å². The van der Waals surface area contributed by atoms with E-state index in [1.54, 1.807) is 0 Å². The molecule has 0 N–H and O–H groups in total. The normalized spacial score (nSPS) is 19.1. The lowest BCUT2D eigenvalue weighted by Crippen LogP contribution is -2.58. The van der Waals surface area contributed by atoms with Crippen LogP contribution < -0.4 is 4.74 Å². The van der Waals surface area contributed by atoms with Gasteiger partial charge in [0.1, 0.15) is 30.5 Å². The molecule has 1 fully saturated rings. The third kappa shape index (κ3) is 12.1. The summed E-state index contributed by atoms with van der Waals surface area (Å²) in [6.07, 6.45) is -1.84. The zero-order chi connectivity index (χ0) is 40.7. The lowest BCUT2D eigenvalue weighted by atomic mass is 9.89. The summed E-state index contributed by atoms with van der Waals surface area (Å²) in [4.78, 5) is 0. The highest BCUT2D eigenvalue weighted by molar-refractivity contribution is 9.10. The first kappa shape index (κ1) is 43.1. The minimum atomic E-state index is -0.669. The standard InChI is InChI=1S/C50H49BrCl2O6/c51-44-42(30-41(29-36-17-6-1-7-18-36)45(53)48(44)55-28-16-27-52)46-49(57-33-39-23-12-4-13-24-39)50(58-34-40-25-14-5-15-26-40)47(56-32-38-21-10-3-11-22-38)43(59-46)35-54-31-37-19-8-2-9-20-37/h1-15,17-26,30,43,46-47,49-50H,16,27-29,31-35H2/t43-,46+,47-,49+,50+/m1/s1. The van der Waals surface area contributed by atoms with E-state index in [1.165, 1.54) is 0 Å². The molecular weight excluding hydrogens is 847 g/mol. The van der Waals surface area contributed by atoms with E-state index in [-0.39, 0.29) is 6.61 Å². The van der Waals surface area contributed by atoms with Crippen molar-refractivity contribution < 1.29 is 28.4 Å². The van der Waals surface area contributed by atoms with Crippen molar-refractivity contribution in [2.24, 2.45) is 0 Å². The van der Waals surface area contributed by atoms with E-state index in [9.17, 15) is 0 Å². The van der Waals surface area contributed by atoms with Gasteiger partial charge in [-0.15, -0.1) is 11.6 Å². The summed E-state index contributed by atoms with van der Waals surface area (Å²) >= 11 is 17.3. The molecule has 6 aromatic carbocycles. The molecule has 9 heteroatoms. The van der Waals surface area contributed by atoms with Crippen LogP contribution in [-0.4, -0.2) is 43.5 Å². The highest BCUT2D eigenvalue weighted by atomic mass is 79.9. The quantitative estimate of drug-likeness (QED) is 0.0562. The van der Waals surface area contributed by atoms with Crippen molar-refractivity contribution >= 4 is 39.1 Å². The summed E-state index contributed by atoms with van der Waals surface area (Å²) in [5, 5.41) is 0.528. The molecule has 0 aromatic heterocycles. The van der Waals surface area contributed by atoms with E-state index >= 15 is 0 Å². The molecular formula is C50H49BrCl2O6.